The van der Waals surface area contributed by atoms with Crippen LogP contribution in [0.4, 0.5) is 13.2 Å². The van der Waals surface area contributed by atoms with Crippen LogP contribution in [0.15, 0.2) is 30.6 Å². The number of hydrogen-bond donors (Lipinski definition) is 1. The average molecular weight is 327 g/mol. The van der Waals surface area contributed by atoms with Crippen molar-refractivity contribution < 1.29 is 27.8 Å². The molecule has 2 aromatic heterocycles. The van der Waals surface area contributed by atoms with Crippen molar-refractivity contribution in [1.82, 2.24) is 14.8 Å². The SMILES string of the molecule is O=C(O)c1cccnc1-n1ccc(OCC2(C(F)(F)F)CC2)n1. The van der Waals surface area contributed by atoms with Gasteiger partial charge in [0.05, 0.1) is 0 Å². The van der Waals surface area contributed by atoms with Gasteiger partial charge in [0.2, 0.25) is 5.88 Å². The predicted octanol–water partition coefficient (Wildman–Crippen LogP) is 2.69. The van der Waals surface area contributed by atoms with Gasteiger partial charge in [-0.2, -0.15) is 13.2 Å². The third-order valence-electron chi connectivity index (χ3n) is 3.75. The van der Waals surface area contributed by atoms with E-state index in [-0.39, 0.29) is 30.1 Å². The van der Waals surface area contributed by atoms with E-state index >= 15 is 0 Å². The summed E-state index contributed by atoms with van der Waals surface area (Å²) in [5, 5.41) is 13.0. The molecule has 0 radical (unpaired) electrons. The minimum atomic E-state index is -4.30. The lowest BCUT2D eigenvalue weighted by Crippen LogP contribution is -2.30. The first-order valence-electron chi connectivity index (χ1n) is 6.76. The quantitative estimate of drug-likeness (QED) is 0.913. The predicted molar refractivity (Wildman–Crippen MR) is 71.5 cm³/mol. The van der Waals surface area contributed by atoms with E-state index in [9.17, 15) is 18.0 Å². The van der Waals surface area contributed by atoms with E-state index in [1.165, 1.54) is 30.6 Å². The lowest BCUT2D eigenvalue weighted by molar-refractivity contribution is -0.194. The first kappa shape index (κ1) is 15.3. The van der Waals surface area contributed by atoms with Crippen molar-refractivity contribution in [3.63, 3.8) is 0 Å². The number of carboxylic acids is 1. The summed E-state index contributed by atoms with van der Waals surface area (Å²) in [5.74, 6) is -1.13. The number of ether oxygens (including phenoxy) is 1. The van der Waals surface area contributed by atoms with Crippen LogP contribution in [-0.4, -0.2) is 38.6 Å². The molecule has 0 unspecified atom stereocenters. The monoisotopic (exact) mass is 327 g/mol. The van der Waals surface area contributed by atoms with Gasteiger partial charge < -0.3 is 9.84 Å². The Bertz CT molecular complexity index is 738. The molecule has 6 nitrogen and oxygen atoms in total. The highest BCUT2D eigenvalue weighted by Gasteiger charge is 2.63. The molecule has 1 saturated carbocycles. The Morgan fingerprint density at radius 2 is 2.13 bits per heavy atom. The molecule has 0 aliphatic heterocycles. The summed E-state index contributed by atoms with van der Waals surface area (Å²) in [7, 11) is 0. The summed E-state index contributed by atoms with van der Waals surface area (Å²) in [6.07, 6.45) is -1.43. The Balaban J connectivity index is 1.76. The molecule has 0 aromatic carbocycles. The molecule has 9 heteroatoms. The fourth-order valence-corrected chi connectivity index (χ4v) is 2.12. The van der Waals surface area contributed by atoms with Crippen molar-refractivity contribution in [3.8, 4) is 11.7 Å². The van der Waals surface area contributed by atoms with Gasteiger partial charge in [0.25, 0.3) is 0 Å². The van der Waals surface area contributed by atoms with Gasteiger partial charge in [0.15, 0.2) is 5.82 Å². The van der Waals surface area contributed by atoms with Gasteiger partial charge in [-0.1, -0.05) is 0 Å². The number of nitrogens with zero attached hydrogens (tertiary/aromatic N) is 3. The van der Waals surface area contributed by atoms with Gasteiger partial charge >= 0.3 is 12.1 Å². The fourth-order valence-electron chi connectivity index (χ4n) is 2.12. The number of pyridine rings is 1. The van der Waals surface area contributed by atoms with Crippen LogP contribution in [0.3, 0.4) is 0 Å². The zero-order chi connectivity index (χ0) is 16.7. The van der Waals surface area contributed by atoms with Crippen molar-refractivity contribution >= 4 is 5.97 Å². The maximum atomic E-state index is 12.8. The molecule has 122 valence electrons. The van der Waals surface area contributed by atoms with Crippen LogP contribution in [0.25, 0.3) is 5.82 Å². The number of alkyl halides is 3. The molecule has 1 fully saturated rings. The number of carboxylic acid groups (broad SMARTS) is 1. The topological polar surface area (TPSA) is 77.2 Å². The minimum Gasteiger partial charge on any atom is -0.478 e. The Morgan fingerprint density at radius 3 is 2.74 bits per heavy atom. The zero-order valence-electron chi connectivity index (χ0n) is 11.7. The number of aromatic nitrogens is 3. The van der Waals surface area contributed by atoms with Crippen LogP contribution in [-0.2, 0) is 0 Å². The van der Waals surface area contributed by atoms with E-state index < -0.39 is 24.2 Å². The van der Waals surface area contributed by atoms with Crippen LogP contribution in [0, 0.1) is 5.41 Å². The minimum absolute atomic E-state index is 0.0116. The summed E-state index contributed by atoms with van der Waals surface area (Å²) < 4.78 is 44.8. The zero-order valence-corrected chi connectivity index (χ0v) is 11.7. The summed E-state index contributed by atoms with van der Waals surface area (Å²) in [6.45, 7) is -0.498. The molecule has 0 spiro atoms. The number of hydrogen-bond acceptors (Lipinski definition) is 4. The highest BCUT2D eigenvalue weighted by Crippen LogP contribution is 2.57. The number of halogens is 3. The highest BCUT2D eigenvalue weighted by molar-refractivity contribution is 5.90. The highest BCUT2D eigenvalue weighted by atomic mass is 19.4. The fraction of sp³-hybridized carbons (Fsp3) is 0.357. The van der Waals surface area contributed by atoms with Gasteiger partial charge in [-0.05, 0) is 25.0 Å². The standard InChI is InChI=1S/C14H12F3N3O3/c15-14(16,17)13(4-5-13)8-23-10-3-7-20(19-10)11-9(12(21)22)2-1-6-18-11/h1-3,6-7H,4-5,8H2,(H,21,22). The molecule has 1 aliphatic rings. The Labute approximate surface area is 128 Å². The van der Waals surface area contributed by atoms with E-state index in [1.54, 1.807) is 0 Å². The van der Waals surface area contributed by atoms with Crippen molar-refractivity contribution in [1.29, 1.82) is 0 Å². The van der Waals surface area contributed by atoms with Crippen LogP contribution in [0.1, 0.15) is 23.2 Å². The largest absolute Gasteiger partial charge is 0.478 e. The summed E-state index contributed by atoms with van der Waals surface area (Å²) in [5.41, 5.74) is -1.86. The molecule has 2 heterocycles. The van der Waals surface area contributed by atoms with E-state index in [0.717, 1.165) is 4.68 Å². The van der Waals surface area contributed by atoms with Crippen LogP contribution < -0.4 is 4.74 Å². The van der Waals surface area contributed by atoms with Crippen molar-refractivity contribution in [2.24, 2.45) is 5.41 Å². The molecular weight excluding hydrogens is 315 g/mol. The third-order valence-corrected chi connectivity index (χ3v) is 3.75. The molecular formula is C14H12F3N3O3. The normalized spacial score (nSPS) is 16.1. The molecule has 1 aliphatic carbocycles. The van der Waals surface area contributed by atoms with E-state index in [4.69, 9.17) is 9.84 Å². The van der Waals surface area contributed by atoms with Crippen LogP contribution >= 0.6 is 0 Å². The first-order valence-corrected chi connectivity index (χ1v) is 6.76. The van der Waals surface area contributed by atoms with Crippen LogP contribution in [0.5, 0.6) is 5.88 Å². The maximum absolute atomic E-state index is 12.8. The van der Waals surface area contributed by atoms with Gasteiger partial charge in [-0.15, -0.1) is 5.10 Å². The second kappa shape index (κ2) is 5.25. The van der Waals surface area contributed by atoms with Crippen molar-refractivity contribution in [2.75, 3.05) is 6.61 Å². The number of aromatic carboxylic acids is 1. The number of rotatable bonds is 5. The molecule has 2 aromatic rings. The van der Waals surface area contributed by atoms with Gasteiger partial charge in [-0.3, -0.25) is 0 Å². The summed E-state index contributed by atoms with van der Waals surface area (Å²) in [4.78, 5) is 15.1. The first-order chi connectivity index (χ1) is 10.8. The Kier molecular flexibility index (Phi) is 3.50. The lowest BCUT2D eigenvalue weighted by Gasteiger charge is -2.18. The summed E-state index contributed by atoms with van der Waals surface area (Å²) in [6, 6.07) is 4.19. The Morgan fingerprint density at radius 1 is 1.39 bits per heavy atom. The molecule has 0 amide bonds. The van der Waals surface area contributed by atoms with Crippen LogP contribution in [0.2, 0.25) is 0 Å². The number of carbonyl (C=O) groups is 1. The van der Waals surface area contributed by atoms with Gasteiger partial charge in [0, 0.05) is 18.5 Å². The van der Waals surface area contributed by atoms with E-state index in [2.05, 4.69) is 10.1 Å². The third kappa shape index (κ3) is 2.86. The smallest absolute Gasteiger partial charge is 0.397 e. The van der Waals surface area contributed by atoms with E-state index in [0.29, 0.717) is 0 Å². The molecule has 23 heavy (non-hydrogen) atoms. The second-order valence-corrected chi connectivity index (χ2v) is 5.35. The van der Waals surface area contributed by atoms with Crippen molar-refractivity contribution in [2.45, 2.75) is 19.0 Å². The molecule has 0 atom stereocenters. The van der Waals surface area contributed by atoms with Gasteiger partial charge in [0.1, 0.15) is 17.6 Å². The lowest BCUT2D eigenvalue weighted by atomic mass is 10.1. The van der Waals surface area contributed by atoms with E-state index in [1.807, 2.05) is 0 Å². The molecule has 3 rings (SSSR count). The molecule has 0 saturated heterocycles. The van der Waals surface area contributed by atoms with Gasteiger partial charge in [-0.25, -0.2) is 14.5 Å². The van der Waals surface area contributed by atoms with Crippen molar-refractivity contribution in [3.05, 3.63) is 36.2 Å². The Hall–Kier alpha value is -2.58. The molecule has 1 N–H and O–H groups in total. The second-order valence-electron chi connectivity index (χ2n) is 5.35. The summed E-state index contributed by atoms with van der Waals surface area (Å²) >= 11 is 0. The molecule has 0 bridgehead atoms. The average Bonchev–Trinajstić information content (AvgIpc) is 3.16. The maximum Gasteiger partial charge on any atom is 0.397 e.